The maximum Gasteiger partial charge on any atom is 0.341 e. The van der Waals surface area contributed by atoms with Crippen molar-refractivity contribution >= 4 is 11.9 Å². The summed E-state index contributed by atoms with van der Waals surface area (Å²) < 4.78 is 5.69. The zero-order valence-corrected chi connectivity index (χ0v) is 19.4. The molecule has 3 N–H and O–H groups in total. The van der Waals surface area contributed by atoms with Gasteiger partial charge in [0.1, 0.15) is 0 Å². The van der Waals surface area contributed by atoms with Crippen LogP contribution in [-0.4, -0.2) is 24.0 Å². The number of hydrogen-bond donors (Lipinski definition) is 1. The lowest BCUT2D eigenvalue weighted by Gasteiger charge is -2.22. The van der Waals surface area contributed by atoms with Gasteiger partial charge in [-0.1, -0.05) is 99.9 Å². The smallest absolute Gasteiger partial charge is 0.341 e. The second-order valence-corrected chi connectivity index (χ2v) is 9.01. The molecule has 0 radical (unpaired) electrons. The second-order valence-electron chi connectivity index (χ2n) is 9.01. The van der Waals surface area contributed by atoms with Gasteiger partial charge in [0, 0.05) is 12.0 Å². The van der Waals surface area contributed by atoms with Crippen LogP contribution in [0.25, 0.3) is 0 Å². The Balaban J connectivity index is 1.52. The molecule has 0 aliphatic carbocycles. The third-order valence-corrected chi connectivity index (χ3v) is 6.34. The van der Waals surface area contributed by atoms with Gasteiger partial charge in [0.25, 0.3) is 0 Å². The Bertz CT molecular complexity index is 835. The first-order valence-electron chi connectivity index (χ1n) is 12.4. The molecule has 0 saturated heterocycles. The minimum Gasteiger partial charge on any atom is -0.405 e. The molecule has 4 nitrogen and oxygen atoms in total. The molecule has 3 rings (SSSR count). The van der Waals surface area contributed by atoms with Crippen molar-refractivity contribution in [3.63, 3.8) is 0 Å². The maximum absolute atomic E-state index is 13.1. The molecule has 0 amide bonds. The lowest BCUT2D eigenvalue weighted by molar-refractivity contribution is -0.368. The van der Waals surface area contributed by atoms with Crippen LogP contribution in [0.5, 0.6) is 0 Å². The number of carbonyl (C=O) groups excluding carboxylic acids is 1. The predicted molar refractivity (Wildman–Crippen MR) is 130 cm³/mol. The summed E-state index contributed by atoms with van der Waals surface area (Å²) in [6.45, 7) is 1.07. The van der Waals surface area contributed by atoms with E-state index in [-0.39, 0.29) is 5.97 Å². The van der Waals surface area contributed by atoms with Gasteiger partial charge in [0.05, 0.1) is 6.54 Å². The van der Waals surface area contributed by atoms with E-state index in [2.05, 4.69) is 17.9 Å². The number of rotatable bonds is 15. The van der Waals surface area contributed by atoms with Crippen molar-refractivity contribution < 1.29 is 15.3 Å². The summed E-state index contributed by atoms with van der Waals surface area (Å²) in [6.07, 6.45) is 13.9. The number of ether oxygens (including phenoxy) is 1. The van der Waals surface area contributed by atoms with Gasteiger partial charge in [0.15, 0.2) is 5.54 Å². The molecule has 172 valence electrons. The van der Waals surface area contributed by atoms with E-state index in [0.29, 0.717) is 12.3 Å². The van der Waals surface area contributed by atoms with Crippen LogP contribution >= 0.6 is 0 Å². The van der Waals surface area contributed by atoms with Gasteiger partial charge < -0.3 is 10.5 Å². The average Bonchev–Trinajstić information content (AvgIpc) is 3.14. The van der Waals surface area contributed by atoms with E-state index in [1.165, 1.54) is 51.4 Å². The number of cyclic esters (lactones) is 1. The molecule has 32 heavy (non-hydrogen) atoms. The maximum atomic E-state index is 13.1. The summed E-state index contributed by atoms with van der Waals surface area (Å²) in [5.74, 6) is 0.257. The third kappa shape index (κ3) is 7.30. The number of hydrogen-bond acceptors (Lipinski definition) is 3. The number of benzene rings is 2. The van der Waals surface area contributed by atoms with Crippen LogP contribution in [0.3, 0.4) is 0 Å². The molecule has 1 aliphatic heterocycles. The number of nitrogens with zero attached hydrogens (tertiary/aromatic N) is 1. The molecule has 0 saturated carbocycles. The van der Waals surface area contributed by atoms with Crippen molar-refractivity contribution in [3.05, 3.63) is 71.8 Å². The summed E-state index contributed by atoms with van der Waals surface area (Å²) in [4.78, 5) is 17.9. The third-order valence-electron chi connectivity index (χ3n) is 6.34. The van der Waals surface area contributed by atoms with E-state index in [1.807, 2.05) is 48.5 Å². The fourth-order valence-electron chi connectivity index (χ4n) is 4.45. The van der Waals surface area contributed by atoms with Crippen molar-refractivity contribution in [2.75, 3.05) is 6.54 Å². The van der Waals surface area contributed by atoms with E-state index in [1.54, 1.807) is 0 Å². The fraction of sp³-hybridized carbons (Fsp3) is 0.500. The Hall–Kier alpha value is -2.46. The van der Waals surface area contributed by atoms with Gasteiger partial charge in [0.2, 0.25) is 5.90 Å². The molecule has 1 atom stereocenters. The molecule has 0 aromatic heterocycles. The summed E-state index contributed by atoms with van der Waals surface area (Å²) in [5, 5.41) is 0. The molecule has 2 aromatic rings. The van der Waals surface area contributed by atoms with E-state index in [9.17, 15) is 4.79 Å². The summed E-state index contributed by atoms with van der Waals surface area (Å²) in [6, 6.07) is 19.9. The highest BCUT2D eigenvalue weighted by Crippen LogP contribution is 2.32. The molecule has 0 fully saturated rings. The SMILES string of the molecule is [NH3+]CCCCCCCCCCCCC1(Cc2ccccc2)N=C(c2ccccc2)OC1=O. The standard InChI is InChI=1S/C28H38N2O2/c29-22-16-8-6-4-2-1-3-5-7-15-21-28(23-24-17-11-9-12-18-24)27(31)32-26(30-28)25-19-13-10-14-20-25/h9-14,17-20H,1-8,15-16,21-23,29H2/p+1. The first-order valence-corrected chi connectivity index (χ1v) is 12.4. The van der Waals surface area contributed by atoms with Gasteiger partial charge >= 0.3 is 5.97 Å². The van der Waals surface area contributed by atoms with Crippen LogP contribution in [0.2, 0.25) is 0 Å². The molecular weight excluding hydrogens is 396 g/mol. The first-order chi connectivity index (χ1) is 15.7. The van der Waals surface area contributed by atoms with Crippen molar-refractivity contribution in [3.8, 4) is 0 Å². The lowest BCUT2D eigenvalue weighted by atomic mass is 9.86. The van der Waals surface area contributed by atoms with Gasteiger partial charge in [-0.3, -0.25) is 0 Å². The van der Waals surface area contributed by atoms with Crippen LogP contribution < -0.4 is 5.73 Å². The van der Waals surface area contributed by atoms with Gasteiger partial charge in [-0.15, -0.1) is 0 Å². The van der Waals surface area contributed by atoms with Crippen LogP contribution in [0.4, 0.5) is 0 Å². The number of aliphatic imine (C=N–C) groups is 1. The fourth-order valence-corrected chi connectivity index (χ4v) is 4.45. The van der Waals surface area contributed by atoms with E-state index < -0.39 is 5.54 Å². The van der Waals surface area contributed by atoms with Gasteiger partial charge in [-0.05, 0) is 37.0 Å². The number of esters is 1. The Kier molecular flexibility index (Phi) is 9.96. The summed E-state index contributed by atoms with van der Waals surface area (Å²) in [7, 11) is 0. The highest BCUT2D eigenvalue weighted by atomic mass is 16.6. The van der Waals surface area contributed by atoms with Crippen molar-refractivity contribution in [2.24, 2.45) is 4.99 Å². The minimum absolute atomic E-state index is 0.206. The Morgan fingerprint density at radius 2 is 1.25 bits per heavy atom. The molecule has 1 unspecified atom stereocenters. The van der Waals surface area contributed by atoms with Gasteiger partial charge in [-0.2, -0.15) is 0 Å². The summed E-state index contributed by atoms with van der Waals surface area (Å²) in [5.41, 5.74) is 5.09. The lowest BCUT2D eigenvalue weighted by Crippen LogP contribution is -2.50. The van der Waals surface area contributed by atoms with Crippen LogP contribution in [0.15, 0.2) is 65.7 Å². The Morgan fingerprint density at radius 1 is 0.719 bits per heavy atom. The normalized spacial score (nSPS) is 17.9. The Morgan fingerprint density at radius 3 is 1.84 bits per heavy atom. The molecule has 2 aromatic carbocycles. The van der Waals surface area contributed by atoms with E-state index in [4.69, 9.17) is 9.73 Å². The van der Waals surface area contributed by atoms with Gasteiger partial charge in [-0.25, -0.2) is 9.79 Å². The number of carbonyl (C=O) groups is 1. The van der Waals surface area contributed by atoms with Crippen LogP contribution in [0, 0.1) is 0 Å². The highest BCUT2D eigenvalue weighted by Gasteiger charge is 2.45. The Labute approximate surface area is 193 Å². The van der Waals surface area contributed by atoms with E-state index in [0.717, 1.165) is 36.9 Å². The zero-order valence-electron chi connectivity index (χ0n) is 19.4. The predicted octanol–water partition coefficient (Wildman–Crippen LogP) is 5.50. The minimum atomic E-state index is -0.805. The van der Waals surface area contributed by atoms with Crippen LogP contribution in [-0.2, 0) is 16.0 Å². The molecule has 4 heteroatoms. The molecular formula is C28H39N2O2+. The number of quaternary nitrogens is 1. The first kappa shape index (κ1) is 24.2. The second kappa shape index (κ2) is 13.2. The molecule has 0 bridgehead atoms. The average molecular weight is 436 g/mol. The molecule has 1 heterocycles. The van der Waals surface area contributed by atoms with E-state index >= 15 is 0 Å². The monoisotopic (exact) mass is 435 g/mol. The zero-order chi connectivity index (χ0) is 22.5. The summed E-state index contributed by atoms with van der Waals surface area (Å²) >= 11 is 0. The molecule has 0 spiro atoms. The molecule has 1 aliphatic rings. The van der Waals surface area contributed by atoms with Crippen molar-refractivity contribution in [1.29, 1.82) is 0 Å². The largest absolute Gasteiger partial charge is 0.405 e. The van der Waals surface area contributed by atoms with Crippen molar-refractivity contribution in [1.82, 2.24) is 0 Å². The quantitative estimate of drug-likeness (QED) is 0.296. The number of unbranched alkanes of at least 4 members (excludes halogenated alkanes) is 9. The topological polar surface area (TPSA) is 66.3 Å². The van der Waals surface area contributed by atoms with Crippen LogP contribution in [0.1, 0.15) is 81.8 Å². The highest BCUT2D eigenvalue weighted by molar-refractivity contribution is 6.08. The van der Waals surface area contributed by atoms with Crippen molar-refractivity contribution in [2.45, 2.75) is 82.6 Å².